The Hall–Kier alpha value is -1.71. The number of benzene rings is 1. The molecule has 1 rings (SSSR count). The minimum absolute atomic E-state index is 0.0412. The minimum atomic E-state index is -0.254. The third-order valence-electron chi connectivity index (χ3n) is 3.26. The van der Waals surface area contributed by atoms with E-state index in [0.29, 0.717) is 0 Å². The summed E-state index contributed by atoms with van der Waals surface area (Å²) < 4.78 is 0. The molecule has 1 aromatic rings. The Morgan fingerprint density at radius 1 is 1.25 bits per heavy atom. The van der Waals surface area contributed by atoms with Crippen molar-refractivity contribution in [3.63, 3.8) is 0 Å². The number of nitrogens with one attached hydrogen (secondary N) is 2. The lowest BCUT2D eigenvalue weighted by atomic mass is 10.1. The van der Waals surface area contributed by atoms with Gasteiger partial charge in [0.1, 0.15) is 6.04 Å². The largest absolute Gasteiger partial charge is 0.376 e. The first-order valence-corrected chi connectivity index (χ1v) is 7.29. The molecule has 1 amide bonds. The van der Waals surface area contributed by atoms with Crippen LogP contribution in [-0.4, -0.2) is 32.1 Å². The van der Waals surface area contributed by atoms with E-state index in [0.717, 1.165) is 24.2 Å². The summed E-state index contributed by atoms with van der Waals surface area (Å²) in [5.41, 5.74) is 2.05. The number of amides is 1. The topological polar surface area (TPSA) is 44.4 Å². The Labute approximate surface area is 122 Å². The molecule has 0 radical (unpaired) electrons. The monoisotopic (exact) mass is 277 g/mol. The maximum Gasteiger partial charge on any atom is 0.242 e. The van der Waals surface area contributed by atoms with E-state index >= 15 is 0 Å². The SMILES string of the molecule is CCCC(C)NC(=O)C(C)Nc1ccccc1N(C)C. The van der Waals surface area contributed by atoms with Gasteiger partial charge in [-0.2, -0.15) is 0 Å². The normalized spacial score (nSPS) is 13.4. The van der Waals surface area contributed by atoms with Gasteiger partial charge >= 0.3 is 0 Å². The molecule has 2 unspecified atom stereocenters. The van der Waals surface area contributed by atoms with Gasteiger partial charge in [0.2, 0.25) is 5.91 Å². The van der Waals surface area contributed by atoms with Crippen LogP contribution in [0.15, 0.2) is 24.3 Å². The van der Waals surface area contributed by atoms with Crippen molar-refractivity contribution in [2.45, 2.75) is 45.7 Å². The van der Waals surface area contributed by atoms with Gasteiger partial charge in [-0.15, -0.1) is 0 Å². The van der Waals surface area contributed by atoms with Crippen LogP contribution in [0, 0.1) is 0 Å². The lowest BCUT2D eigenvalue weighted by molar-refractivity contribution is -0.122. The summed E-state index contributed by atoms with van der Waals surface area (Å²) in [5.74, 6) is 0.0412. The molecule has 0 aliphatic carbocycles. The molecule has 0 spiro atoms. The average molecular weight is 277 g/mol. The molecule has 0 saturated carbocycles. The lowest BCUT2D eigenvalue weighted by Crippen LogP contribution is -2.42. The number of anilines is 2. The first kappa shape index (κ1) is 16.3. The average Bonchev–Trinajstić information content (AvgIpc) is 2.39. The van der Waals surface area contributed by atoms with E-state index in [2.05, 4.69) is 17.6 Å². The maximum atomic E-state index is 12.1. The standard InChI is InChI=1S/C16H27N3O/c1-6-9-12(2)17-16(20)13(3)18-14-10-7-8-11-15(14)19(4)5/h7-8,10-13,18H,6,9H2,1-5H3,(H,17,20). The van der Waals surface area contributed by atoms with E-state index in [9.17, 15) is 4.79 Å². The van der Waals surface area contributed by atoms with Crippen LogP contribution < -0.4 is 15.5 Å². The molecular formula is C16H27N3O. The van der Waals surface area contributed by atoms with Crippen LogP contribution in [0.4, 0.5) is 11.4 Å². The van der Waals surface area contributed by atoms with Gasteiger partial charge in [0.25, 0.3) is 0 Å². The van der Waals surface area contributed by atoms with Crippen LogP contribution in [0.2, 0.25) is 0 Å². The molecule has 4 nitrogen and oxygen atoms in total. The van der Waals surface area contributed by atoms with Crippen molar-refractivity contribution in [2.24, 2.45) is 0 Å². The number of para-hydroxylation sites is 2. The second-order valence-corrected chi connectivity index (χ2v) is 5.48. The molecule has 0 aromatic heterocycles. The van der Waals surface area contributed by atoms with Crippen molar-refractivity contribution in [1.29, 1.82) is 0 Å². The van der Waals surface area contributed by atoms with Gasteiger partial charge in [-0.25, -0.2) is 0 Å². The zero-order chi connectivity index (χ0) is 15.1. The van der Waals surface area contributed by atoms with E-state index in [4.69, 9.17) is 0 Å². The fourth-order valence-corrected chi connectivity index (χ4v) is 2.16. The van der Waals surface area contributed by atoms with Gasteiger partial charge in [0.05, 0.1) is 11.4 Å². The summed E-state index contributed by atoms with van der Waals surface area (Å²) in [6.07, 6.45) is 2.08. The summed E-state index contributed by atoms with van der Waals surface area (Å²) in [6, 6.07) is 7.96. The second kappa shape index (κ2) is 7.78. The van der Waals surface area contributed by atoms with Crippen LogP contribution in [0.1, 0.15) is 33.6 Å². The summed E-state index contributed by atoms with van der Waals surface area (Å²) in [7, 11) is 3.99. The van der Waals surface area contributed by atoms with E-state index in [1.54, 1.807) is 0 Å². The third-order valence-corrected chi connectivity index (χ3v) is 3.26. The highest BCUT2D eigenvalue weighted by molar-refractivity contribution is 5.86. The van der Waals surface area contributed by atoms with Crippen molar-refractivity contribution >= 4 is 17.3 Å². The first-order valence-electron chi connectivity index (χ1n) is 7.29. The molecule has 0 aliphatic heterocycles. The van der Waals surface area contributed by atoms with Crippen molar-refractivity contribution < 1.29 is 4.79 Å². The van der Waals surface area contributed by atoms with Gasteiger partial charge in [-0.05, 0) is 32.4 Å². The first-order chi connectivity index (χ1) is 9.45. The molecule has 1 aromatic carbocycles. The number of hydrogen-bond acceptors (Lipinski definition) is 3. The van der Waals surface area contributed by atoms with Crippen LogP contribution in [0.25, 0.3) is 0 Å². The fourth-order valence-electron chi connectivity index (χ4n) is 2.16. The summed E-state index contributed by atoms with van der Waals surface area (Å²) in [6.45, 7) is 6.06. The Balaban J connectivity index is 2.66. The summed E-state index contributed by atoms with van der Waals surface area (Å²) in [4.78, 5) is 14.2. The Bertz CT molecular complexity index is 431. The molecule has 20 heavy (non-hydrogen) atoms. The quantitative estimate of drug-likeness (QED) is 0.805. The number of nitrogens with zero attached hydrogens (tertiary/aromatic N) is 1. The van der Waals surface area contributed by atoms with Gasteiger partial charge in [-0.3, -0.25) is 4.79 Å². The molecule has 0 bridgehead atoms. The third kappa shape index (κ3) is 4.76. The van der Waals surface area contributed by atoms with Gasteiger partial charge < -0.3 is 15.5 Å². The number of carbonyl (C=O) groups is 1. The maximum absolute atomic E-state index is 12.1. The van der Waals surface area contributed by atoms with Gasteiger partial charge in [-0.1, -0.05) is 25.5 Å². The van der Waals surface area contributed by atoms with Crippen molar-refractivity contribution in [2.75, 3.05) is 24.3 Å². The number of rotatable bonds is 7. The Kier molecular flexibility index (Phi) is 6.36. The minimum Gasteiger partial charge on any atom is -0.376 e. The van der Waals surface area contributed by atoms with Crippen molar-refractivity contribution in [1.82, 2.24) is 5.32 Å². The predicted octanol–water partition coefficient (Wildman–Crippen LogP) is 2.86. The summed E-state index contributed by atoms with van der Waals surface area (Å²) in [5, 5.41) is 6.32. The zero-order valence-electron chi connectivity index (χ0n) is 13.2. The van der Waals surface area contributed by atoms with Gasteiger partial charge in [0.15, 0.2) is 0 Å². The number of carbonyl (C=O) groups excluding carboxylic acids is 1. The highest BCUT2D eigenvalue weighted by Crippen LogP contribution is 2.24. The van der Waals surface area contributed by atoms with Crippen molar-refractivity contribution in [3.8, 4) is 0 Å². The van der Waals surface area contributed by atoms with E-state index < -0.39 is 0 Å². The van der Waals surface area contributed by atoms with Crippen molar-refractivity contribution in [3.05, 3.63) is 24.3 Å². The smallest absolute Gasteiger partial charge is 0.242 e. The van der Waals surface area contributed by atoms with Crippen LogP contribution in [0.3, 0.4) is 0 Å². The van der Waals surface area contributed by atoms with Crippen LogP contribution >= 0.6 is 0 Å². The molecule has 0 aliphatic rings. The second-order valence-electron chi connectivity index (χ2n) is 5.48. The Morgan fingerprint density at radius 3 is 2.50 bits per heavy atom. The molecule has 112 valence electrons. The number of hydrogen-bond donors (Lipinski definition) is 2. The molecule has 4 heteroatoms. The highest BCUT2D eigenvalue weighted by Gasteiger charge is 2.16. The molecule has 2 atom stereocenters. The highest BCUT2D eigenvalue weighted by atomic mass is 16.2. The fraction of sp³-hybridized carbons (Fsp3) is 0.562. The predicted molar refractivity (Wildman–Crippen MR) is 86.4 cm³/mol. The summed E-state index contributed by atoms with van der Waals surface area (Å²) >= 11 is 0. The molecule has 0 fully saturated rings. The molecule has 0 saturated heterocycles. The lowest BCUT2D eigenvalue weighted by Gasteiger charge is -2.22. The van der Waals surface area contributed by atoms with E-state index in [1.807, 2.05) is 57.1 Å². The van der Waals surface area contributed by atoms with E-state index in [-0.39, 0.29) is 18.0 Å². The Morgan fingerprint density at radius 2 is 1.90 bits per heavy atom. The molecular weight excluding hydrogens is 250 g/mol. The molecule has 0 heterocycles. The van der Waals surface area contributed by atoms with E-state index in [1.165, 1.54) is 0 Å². The van der Waals surface area contributed by atoms with Crippen LogP contribution in [-0.2, 0) is 4.79 Å². The molecule has 2 N–H and O–H groups in total. The van der Waals surface area contributed by atoms with Gasteiger partial charge in [0, 0.05) is 20.1 Å². The zero-order valence-corrected chi connectivity index (χ0v) is 13.2. The van der Waals surface area contributed by atoms with Crippen LogP contribution in [0.5, 0.6) is 0 Å².